The van der Waals surface area contributed by atoms with Gasteiger partial charge in [0.25, 0.3) is 0 Å². The van der Waals surface area contributed by atoms with Crippen LogP contribution in [0.5, 0.6) is 0 Å². The van der Waals surface area contributed by atoms with Crippen LogP contribution in [0.15, 0.2) is 48.6 Å². The third-order valence-corrected chi connectivity index (χ3v) is 2.99. The van der Waals surface area contributed by atoms with E-state index >= 15 is 0 Å². The van der Waals surface area contributed by atoms with Crippen molar-refractivity contribution in [3.63, 3.8) is 0 Å². The maximum atomic E-state index is 3.51. The topological polar surface area (TPSA) is 24.1 Å². The van der Waals surface area contributed by atoms with Crippen molar-refractivity contribution in [2.45, 2.75) is 12.6 Å². The molecule has 0 radical (unpaired) electrons. The van der Waals surface area contributed by atoms with E-state index in [1.807, 2.05) is 0 Å². The van der Waals surface area contributed by atoms with Crippen LogP contribution in [0.1, 0.15) is 6.42 Å². The quantitative estimate of drug-likeness (QED) is 0.725. The zero-order chi connectivity index (χ0) is 10.1. The fraction of sp³-hybridized carbons (Fsp3) is 0.231. The average molecular weight is 198 g/mol. The lowest BCUT2D eigenvalue weighted by atomic mass is 9.98. The first-order chi connectivity index (χ1) is 7.43. The van der Waals surface area contributed by atoms with Gasteiger partial charge in [0.15, 0.2) is 0 Å². The van der Waals surface area contributed by atoms with Gasteiger partial charge in [-0.1, -0.05) is 36.4 Å². The maximum Gasteiger partial charge on any atom is 0.103 e. The summed E-state index contributed by atoms with van der Waals surface area (Å²) < 4.78 is 0. The van der Waals surface area contributed by atoms with Crippen LogP contribution in [0, 0.1) is 5.92 Å². The van der Waals surface area contributed by atoms with Gasteiger partial charge in [-0.05, 0) is 18.6 Å². The number of benzene rings is 1. The zero-order valence-corrected chi connectivity index (χ0v) is 8.48. The van der Waals surface area contributed by atoms with Crippen LogP contribution in [0.4, 0.5) is 11.4 Å². The molecule has 1 heterocycles. The fourth-order valence-corrected chi connectivity index (χ4v) is 2.17. The monoisotopic (exact) mass is 198 g/mol. The second-order valence-electron chi connectivity index (χ2n) is 4.02. The summed E-state index contributed by atoms with van der Waals surface area (Å²) in [7, 11) is 0. The minimum Gasteiger partial charge on any atom is -0.363 e. The lowest BCUT2D eigenvalue weighted by molar-refractivity contribution is 0.590. The predicted octanol–water partition coefficient (Wildman–Crippen LogP) is 2.98. The van der Waals surface area contributed by atoms with Crippen LogP contribution in [0.25, 0.3) is 0 Å². The van der Waals surface area contributed by atoms with Crippen molar-refractivity contribution in [3.8, 4) is 0 Å². The summed E-state index contributed by atoms with van der Waals surface area (Å²) in [6.45, 7) is 0. The highest BCUT2D eigenvalue weighted by molar-refractivity contribution is 5.74. The molecular weight excluding hydrogens is 184 g/mol. The molecule has 3 rings (SSSR count). The van der Waals surface area contributed by atoms with Gasteiger partial charge in [-0.25, -0.2) is 0 Å². The summed E-state index contributed by atoms with van der Waals surface area (Å²) in [6, 6.07) is 8.36. The van der Waals surface area contributed by atoms with Crippen molar-refractivity contribution in [1.82, 2.24) is 0 Å². The number of anilines is 2. The third kappa shape index (κ3) is 1.52. The summed E-state index contributed by atoms with van der Waals surface area (Å²) in [6.07, 6.45) is 10.2. The number of allylic oxidation sites excluding steroid dienone is 3. The molecule has 0 spiro atoms. The summed E-state index contributed by atoms with van der Waals surface area (Å²) in [5, 5.41) is 7.02. The highest BCUT2D eigenvalue weighted by atomic mass is 15.2. The first kappa shape index (κ1) is 8.60. The molecule has 1 aromatic rings. The number of hydrogen-bond donors (Lipinski definition) is 2. The lowest BCUT2D eigenvalue weighted by Gasteiger charge is -2.21. The summed E-state index contributed by atoms with van der Waals surface area (Å²) in [5.74, 6) is 0.544. The minimum absolute atomic E-state index is 0.337. The van der Waals surface area contributed by atoms with Gasteiger partial charge in [-0.15, -0.1) is 0 Å². The Bertz CT molecular complexity index is 395. The van der Waals surface area contributed by atoms with Crippen LogP contribution in [-0.4, -0.2) is 6.17 Å². The van der Waals surface area contributed by atoms with Gasteiger partial charge >= 0.3 is 0 Å². The van der Waals surface area contributed by atoms with E-state index < -0.39 is 0 Å². The van der Waals surface area contributed by atoms with Crippen LogP contribution in [0.3, 0.4) is 0 Å². The first-order valence-electron chi connectivity index (χ1n) is 5.39. The molecule has 0 saturated carbocycles. The van der Waals surface area contributed by atoms with E-state index in [0.717, 1.165) is 6.42 Å². The SMILES string of the molecule is C1=CCC(C2Nc3ccccc3N2)C=C1. The van der Waals surface area contributed by atoms with Crippen molar-refractivity contribution in [2.75, 3.05) is 10.6 Å². The second-order valence-corrected chi connectivity index (χ2v) is 4.02. The molecule has 1 unspecified atom stereocenters. The van der Waals surface area contributed by atoms with Crippen molar-refractivity contribution in [1.29, 1.82) is 0 Å². The number of rotatable bonds is 1. The summed E-state index contributed by atoms with van der Waals surface area (Å²) in [4.78, 5) is 0. The predicted molar refractivity (Wildman–Crippen MR) is 63.9 cm³/mol. The Morgan fingerprint density at radius 2 is 1.73 bits per heavy atom. The van der Waals surface area contributed by atoms with Gasteiger partial charge in [-0.2, -0.15) is 0 Å². The average Bonchev–Trinajstić information content (AvgIpc) is 2.74. The Morgan fingerprint density at radius 1 is 1.00 bits per heavy atom. The molecule has 2 heteroatoms. The largest absolute Gasteiger partial charge is 0.363 e. The molecule has 2 nitrogen and oxygen atoms in total. The van der Waals surface area contributed by atoms with Gasteiger partial charge in [0.05, 0.1) is 11.4 Å². The van der Waals surface area contributed by atoms with Gasteiger partial charge in [-0.3, -0.25) is 0 Å². The molecule has 0 amide bonds. The number of fused-ring (bicyclic) bond motifs is 1. The van der Waals surface area contributed by atoms with Gasteiger partial charge < -0.3 is 10.6 Å². The van der Waals surface area contributed by atoms with E-state index in [1.54, 1.807) is 0 Å². The van der Waals surface area contributed by atoms with Crippen LogP contribution < -0.4 is 10.6 Å². The molecule has 15 heavy (non-hydrogen) atoms. The van der Waals surface area contributed by atoms with Crippen LogP contribution in [0.2, 0.25) is 0 Å². The van der Waals surface area contributed by atoms with E-state index in [1.165, 1.54) is 11.4 Å². The molecule has 1 aromatic carbocycles. The van der Waals surface area contributed by atoms with Gasteiger partial charge in [0, 0.05) is 5.92 Å². The maximum absolute atomic E-state index is 3.51. The smallest absolute Gasteiger partial charge is 0.103 e. The molecule has 1 aliphatic heterocycles. The third-order valence-electron chi connectivity index (χ3n) is 2.99. The molecule has 0 aromatic heterocycles. The van der Waals surface area contributed by atoms with E-state index in [-0.39, 0.29) is 0 Å². The summed E-state index contributed by atoms with van der Waals surface area (Å²) >= 11 is 0. The summed E-state index contributed by atoms with van der Waals surface area (Å²) in [5.41, 5.74) is 2.43. The minimum atomic E-state index is 0.337. The molecule has 2 N–H and O–H groups in total. The number of para-hydroxylation sites is 2. The number of nitrogens with one attached hydrogen (secondary N) is 2. The van der Waals surface area contributed by atoms with Crippen molar-refractivity contribution in [3.05, 3.63) is 48.6 Å². The van der Waals surface area contributed by atoms with E-state index in [4.69, 9.17) is 0 Å². The highest BCUT2D eigenvalue weighted by Gasteiger charge is 2.25. The van der Waals surface area contributed by atoms with Crippen molar-refractivity contribution >= 4 is 11.4 Å². The Labute approximate surface area is 89.7 Å². The molecule has 1 atom stereocenters. The molecular formula is C13H14N2. The second kappa shape index (κ2) is 3.46. The van der Waals surface area contributed by atoms with Crippen molar-refractivity contribution in [2.24, 2.45) is 5.92 Å². The highest BCUT2D eigenvalue weighted by Crippen LogP contribution is 2.32. The van der Waals surface area contributed by atoms with Gasteiger partial charge in [0.1, 0.15) is 6.17 Å². The molecule has 0 bridgehead atoms. The Kier molecular flexibility index (Phi) is 1.98. The fourth-order valence-electron chi connectivity index (χ4n) is 2.17. The molecule has 0 fully saturated rings. The van der Waals surface area contributed by atoms with Crippen LogP contribution in [-0.2, 0) is 0 Å². The van der Waals surface area contributed by atoms with Crippen LogP contribution >= 0.6 is 0 Å². The zero-order valence-electron chi connectivity index (χ0n) is 8.48. The van der Waals surface area contributed by atoms with E-state index in [9.17, 15) is 0 Å². The molecule has 76 valence electrons. The Hall–Kier alpha value is -1.70. The first-order valence-corrected chi connectivity index (χ1v) is 5.39. The molecule has 2 aliphatic rings. The van der Waals surface area contributed by atoms with Gasteiger partial charge in [0.2, 0.25) is 0 Å². The lowest BCUT2D eigenvalue weighted by Crippen LogP contribution is -2.30. The number of hydrogen-bond acceptors (Lipinski definition) is 2. The normalized spacial score (nSPS) is 23.3. The van der Waals surface area contributed by atoms with E-state index in [0.29, 0.717) is 12.1 Å². The Morgan fingerprint density at radius 3 is 2.33 bits per heavy atom. The van der Waals surface area contributed by atoms with E-state index in [2.05, 4.69) is 59.2 Å². The Balaban J connectivity index is 1.78. The molecule has 0 saturated heterocycles. The standard InChI is InChI=1S/C13H14N2/c1-2-6-10(7-3-1)13-14-11-8-4-5-9-12(11)15-13/h1-6,8-10,13-15H,7H2. The molecule has 1 aliphatic carbocycles. The van der Waals surface area contributed by atoms with Crippen molar-refractivity contribution < 1.29 is 0 Å².